The number of carbonyl (C=O) groups excluding carboxylic acids is 2. The first-order valence-corrected chi connectivity index (χ1v) is 11.0. The molecule has 2 saturated heterocycles. The number of benzene rings is 1. The van der Waals surface area contributed by atoms with E-state index in [9.17, 15) is 19.8 Å². The van der Waals surface area contributed by atoms with Crippen molar-refractivity contribution in [3.05, 3.63) is 59.4 Å². The minimum absolute atomic E-state index is 0.00122. The molecular formula is C24H27N3O6. The van der Waals surface area contributed by atoms with Gasteiger partial charge < -0.3 is 24.6 Å². The molecule has 2 aliphatic heterocycles. The number of likely N-dealkylation sites (tertiary alicyclic amines) is 1. The fraction of sp³-hybridized carbons (Fsp3) is 0.375. The standard InChI is InChI=1S/C24H27N3O6/c1-2-33-19-15-17(3-4-18(19)28)21-20(22(29)16-5-7-25-8-6-16)23(30)24(31)27(21)10-9-26-11-13-32-14-12-26/h3-8,15,21,28-29H,2,9-14H2,1H3. The Balaban J connectivity index is 1.76. The number of nitrogens with zero attached hydrogens (tertiary/aromatic N) is 3. The summed E-state index contributed by atoms with van der Waals surface area (Å²) in [4.78, 5) is 33.8. The van der Waals surface area contributed by atoms with E-state index in [1.807, 2.05) is 0 Å². The van der Waals surface area contributed by atoms with E-state index in [1.165, 1.54) is 23.4 Å². The van der Waals surface area contributed by atoms with Crippen LogP contribution in [-0.4, -0.2) is 82.7 Å². The van der Waals surface area contributed by atoms with Crippen LogP contribution in [0.4, 0.5) is 0 Å². The predicted octanol–water partition coefficient (Wildman–Crippen LogP) is 1.94. The molecule has 3 heterocycles. The van der Waals surface area contributed by atoms with Gasteiger partial charge in [0.2, 0.25) is 0 Å². The average molecular weight is 453 g/mol. The van der Waals surface area contributed by atoms with Crippen molar-refractivity contribution in [1.29, 1.82) is 0 Å². The molecule has 0 saturated carbocycles. The predicted molar refractivity (Wildman–Crippen MR) is 120 cm³/mol. The number of phenols is 1. The van der Waals surface area contributed by atoms with Gasteiger partial charge in [0.15, 0.2) is 11.5 Å². The third-order valence-electron chi connectivity index (χ3n) is 5.85. The number of hydrogen-bond donors (Lipinski definition) is 2. The second kappa shape index (κ2) is 10.0. The van der Waals surface area contributed by atoms with Crippen molar-refractivity contribution in [3.8, 4) is 11.5 Å². The summed E-state index contributed by atoms with van der Waals surface area (Å²) in [5.74, 6) is -1.48. The number of hydrogen-bond acceptors (Lipinski definition) is 8. The number of aliphatic hydroxyl groups excluding tert-OH is 1. The summed E-state index contributed by atoms with van der Waals surface area (Å²) in [5.41, 5.74) is 0.958. The lowest BCUT2D eigenvalue weighted by molar-refractivity contribution is -0.140. The Morgan fingerprint density at radius 1 is 1.15 bits per heavy atom. The van der Waals surface area contributed by atoms with Crippen molar-refractivity contribution in [3.63, 3.8) is 0 Å². The third-order valence-corrected chi connectivity index (χ3v) is 5.85. The van der Waals surface area contributed by atoms with Crippen molar-refractivity contribution in [1.82, 2.24) is 14.8 Å². The summed E-state index contributed by atoms with van der Waals surface area (Å²) >= 11 is 0. The number of aliphatic hydroxyl groups is 1. The molecule has 1 atom stereocenters. The number of pyridine rings is 1. The maximum absolute atomic E-state index is 13.1. The van der Waals surface area contributed by atoms with Gasteiger partial charge in [-0.15, -0.1) is 0 Å². The molecule has 174 valence electrons. The van der Waals surface area contributed by atoms with Crippen LogP contribution in [0, 0.1) is 0 Å². The first-order chi connectivity index (χ1) is 16.0. The van der Waals surface area contributed by atoms with Crippen LogP contribution in [0.25, 0.3) is 5.76 Å². The monoisotopic (exact) mass is 453 g/mol. The Morgan fingerprint density at radius 3 is 2.58 bits per heavy atom. The number of aromatic hydroxyl groups is 1. The third kappa shape index (κ3) is 4.69. The van der Waals surface area contributed by atoms with Crippen molar-refractivity contribution >= 4 is 17.4 Å². The van der Waals surface area contributed by atoms with E-state index in [2.05, 4.69) is 9.88 Å². The molecule has 1 unspecified atom stereocenters. The van der Waals surface area contributed by atoms with Crippen LogP contribution >= 0.6 is 0 Å². The van der Waals surface area contributed by atoms with Crippen LogP contribution in [0.5, 0.6) is 11.5 Å². The summed E-state index contributed by atoms with van der Waals surface area (Å²) in [7, 11) is 0. The van der Waals surface area contributed by atoms with Crippen LogP contribution in [0.15, 0.2) is 48.3 Å². The fourth-order valence-corrected chi connectivity index (χ4v) is 4.17. The summed E-state index contributed by atoms with van der Waals surface area (Å²) in [6.07, 6.45) is 3.01. The summed E-state index contributed by atoms with van der Waals surface area (Å²) in [5, 5.41) is 21.2. The van der Waals surface area contributed by atoms with Gasteiger partial charge in [-0.1, -0.05) is 6.07 Å². The Bertz CT molecular complexity index is 1050. The zero-order chi connectivity index (χ0) is 23.4. The molecular weight excluding hydrogens is 426 g/mol. The van der Waals surface area contributed by atoms with Gasteiger partial charge in [0.1, 0.15) is 5.76 Å². The highest BCUT2D eigenvalue weighted by Crippen LogP contribution is 2.41. The molecule has 0 bridgehead atoms. The maximum atomic E-state index is 13.1. The van der Waals surface area contributed by atoms with Crippen molar-refractivity contribution in [2.24, 2.45) is 0 Å². The van der Waals surface area contributed by atoms with Crippen LogP contribution < -0.4 is 4.74 Å². The summed E-state index contributed by atoms with van der Waals surface area (Å²) in [6, 6.07) is 7.05. The number of Topliss-reactive ketones (excluding diaryl/α,β-unsaturated/α-hetero) is 1. The van der Waals surface area contributed by atoms with Crippen molar-refractivity contribution < 1.29 is 29.3 Å². The van der Waals surface area contributed by atoms with Gasteiger partial charge in [0, 0.05) is 44.1 Å². The Labute approximate surface area is 191 Å². The van der Waals surface area contributed by atoms with Gasteiger partial charge >= 0.3 is 0 Å². The van der Waals surface area contributed by atoms with E-state index in [0.29, 0.717) is 44.0 Å². The van der Waals surface area contributed by atoms with Crippen LogP contribution in [0.1, 0.15) is 24.1 Å². The van der Waals surface area contributed by atoms with Crippen molar-refractivity contribution in [2.45, 2.75) is 13.0 Å². The fourth-order valence-electron chi connectivity index (χ4n) is 4.17. The molecule has 1 aromatic heterocycles. The Morgan fingerprint density at radius 2 is 1.88 bits per heavy atom. The SMILES string of the molecule is CCOc1cc(C2C(=C(O)c3ccncc3)C(=O)C(=O)N2CCN2CCOCC2)ccc1O. The molecule has 9 nitrogen and oxygen atoms in total. The van der Waals surface area contributed by atoms with Crippen LogP contribution in [0.2, 0.25) is 0 Å². The van der Waals surface area contributed by atoms with Gasteiger partial charge in [-0.3, -0.25) is 19.5 Å². The molecule has 9 heteroatoms. The molecule has 1 aromatic carbocycles. The van der Waals surface area contributed by atoms with Crippen LogP contribution in [0.3, 0.4) is 0 Å². The molecule has 4 rings (SSSR count). The molecule has 2 aliphatic rings. The normalized spacial score (nSPS) is 20.9. The number of phenolic OH excluding ortho intramolecular Hbond substituents is 1. The number of aromatic nitrogens is 1. The topological polar surface area (TPSA) is 112 Å². The lowest BCUT2D eigenvalue weighted by Gasteiger charge is -2.31. The molecule has 0 aliphatic carbocycles. The minimum Gasteiger partial charge on any atom is -0.507 e. The zero-order valence-electron chi connectivity index (χ0n) is 18.4. The zero-order valence-corrected chi connectivity index (χ0v) is 18.4. The highest BCUT2D eigenvalue weighted by molar-refractivity contribution is 6.46. The second-order valence-electron chi connectivity index (χ2n) is 7.84. The Hall–Kier alpha value is -3.43. The number of rotatable bonds is 7. The van der Waals surface area contributed by atoms with Gasteiger partial charge in [0.05, 0.1) is 31.4 Å². The van der Waals surface area contributed by atoms with Gasteiger partial charge in [-0.05, 0) is 36.8 Å². The second-order valence-corrected chi connectivity index (χ2v) is 7.84. The van der Waals surface area contributed by atoms with E-state index >= 15 is 0 Å². The maximum Gasteiger partial charge on any atom is 0.295 e. The summed E-state index contributed by atoms with van der Waals surface area (Å²) < 4.78 is 10.9. The molecule has 2 fully saturated rings. The van der Waals surface area contributed by atoms with E-state index in [4.69, 9.17) is 9.47 Å². The number of ether oxygens (including phenoxy) is 2. The summed E-state index contributed by atoms with van der Waals surface area (Å²) in [6.45, 7) is 5.75. The van der Waals surface area contributed by atoms with Gasteiger partial charge in [-0.25, -0.2) is 0 Å². The molecule has 2 aromatic rings. The molecule has 1 amide bonds. The smallest absolute Gasteiger partial charge is 0.295 e. The molecule has 0 spiro atoms. The number of ketones is 1. The largest absolute Gasteiger partial charge is 0.507 e. The lowest BCUT2D eigenvalue weighted by Crippen LogP contribution is -2.42. The lowest BCUT2D eigenvalue weighted by atomic mass is 9.95. The van der Waals surface area contributed by atoms with E-state index < -0.39 is 17.7 Å². The Kier molecular flexibility index (Phi) is 6.90. The van der Waals surface area contributed by atoms with E-state index in [0.717, 1.165) is 13.1 Å². The van der Waals surface area contributed by atoms with E-state index in [-0.39, 0.29) is 22.8 Å². The first-order valence-electron chi connectivity index (χ1n) is 11.0. The average Bonchev–Trinajstić information content (AvgIpc) is 3.10. The number of carbonyl (C=O) groups is 2. The van der Waals surface area contributed by atoms with E-state index in [1.54, 1.807) is 31.2 Å². The van der Waals surface area contributed by atoms with Crippen molar-refractivity contribution in [2.75, 3.05) is 46.0 Å². The first kappa shape index (κ1) is 22.8. The number of morpholine rings is 1. The molecule has 33 heavy (non-hydrogen) atoms. The number of amides is 1. The van der Waals surface area contributed by atoms with Gasteiger partial charge in [-0.2, -0.15) is 0 Å². The highest BCUT2D eigenvalue weighted by atomic mass is 16.5. The minimum atomic E-state index is -0.820. The molecule has 2 N–H and O–H groups in total. The van der Waals surface area contributed by atoms with Gasteiger partial charge in [0.25, 0.3) is 11.7 Å². The quantitative estimate of drug-likeness (QED) is 0.372. The van der Waals surface area contributed by atoms with Crippen LogP contribution in [-0.2, 0) is 14.3 Å². The molecule has 0 radical (unpaired) electrons. The highest BCUT2D eigenvalue weighted by Gasteiger charge is 2.46.